The van der Waals surface area contributed by atoms with E-state index in [0.717, 1.165) is 38.9 Å². The Morgan fingerprint density at radius 3 is 3.04 bits per heavy atom. The summed E-state index contributed by atoms with van der Waals surface area (Å²) < 4.78 is 7.80. The Labute approximate surface area is 134 Å². The summed E-state index contributed by atoms with van der Waals surface area (Å²) in [6.45, 7) is 4.19. The number of hydrogen-bond donors (Lipinski definition) is 1. The second-order valence-corrected chi connectivity index (χ2v) is 5.56. The first kappa shape index (κ1) is 13.6. The molecular weight excluding hydrogens is 286 g/mol. The summed E-state index contributed by atoms with van der Waals surface area (Å²) in [6.07, 6.45) is 5.68. The maximum atomic E-state index is 5.67. The molecular formula is C19H17N3O. The number of aromatic nitrogens is 3. The zero-order chi connectivity index (χ0) is 15.8. The van der Waals surface area contributed by atoms with Crippen LogP contribution in [0.15, 0.2) is 61.4 Å². The highest BCUT2D eigenvalue weighted by Gasteiger charge is 2.12. The molecule has 1 aromatic carbocycles. The molecule has 0 aliphatic carbocycles. The van der Waals surface area contributed by atoms with Crippen molar-refractivity contribution in [2.24, 2.45) is 7.05 Å². The first-order valence-corrected chi connectivity index (χ1v) is 7.53. The minimum Gasteiger partial charge on any atom is -0.490 e. The summed E-state index contributed by atoms with van der Waals surface area (Å²) in [5.74, 6) is 0.846. The van der Waals surface area contributed by atoms with Gasteiger partial charge in [-0.3, -0.25) is 0 Å². The minimum atomic E-state index is 0.504. The first-order valence-electron chi connectivity index (χ1n) is 7.53. The van der Waals surface area contributed by atoms with Crippen LogP contribution >= 0.6 is 0 Å². The van der Waals surface area contributed by atoms with Crippen LogP contribution in [0, 0.1) is 0 Å². The topological polar surface area (TPSA) is 42.8 Å². The van der Waals surface area contributed by atoms with Crippen molar-refractivity contribution in [3.05, 3.63) is 61.4 Å². The number of hydrogen-bond acceptors (Lipinski definition) is 2. The van der Waals surface area contributed by atoms with Gasteiger partial charge in [0.15, 0.2) is 0 Å². The number of benzene rings is 1. The van der Waals surface area contributed by atoms with Crippen LogP contribution in [0.25, 0.3) is 33.2 Å². The van der Waals surface area contributed by atoms with Gasteiger partial charge in [0, 0.05) is 47.0 Å². The zero-order valence-electron chi connectivity index (χ0n) is 12.9. The van der Waals surface area contributed by atoms with E-state index < -0.39 is 0 Å². The van der Waals surface area contributed by atoms with Crippen LogP contribution in [0.2, 0.25) is 0 Å². The van der Waals surface area contributed by atoms with Gasteiger partial charge in [0.05, 0.1) is 0 Å². The molecule has 114 valence electrons. The number of H-pyrrole nitrogens is 1. The number of nitrogens with zero attached hydrogens (tertiary/aromatic N) is 2. The lowest BCUT2D eigenvalue weighted by atomic mass is 10.1. The lowest BCUT2D eigenvalue weighted by Crippen LogP contribution is -1.92. The largest absolute Gasteiger partial charge is 0.490 e. The van der Waals surface area contributed by atoms with Gasteiger partial charge in [0.25, 0.3) is 0 Å². The van der Waals surface area contributed by atoms with Crippen molar-refractivity contribution >= 4 is 21.9 Å². The van der Waals surface area contributed by atoms with Crippen molar-refractivity contribution in [1.82, 2.24) is 14.5 Å². The Balaban J connectivity index is 1.89. The fraction of sp³-hybridized carbons (Fsp3) is 0.105. The predicted molar refractivity (Wildman–Crippen MR) is 93.7 cm³/mol. The summed E-state index contributed by atoms with van der Waals surface area (Å²) in [4.78, 5) is 7.77. The molecule has 0 fully saturated rings. The van der Waals surface area contributed by atoms with Crippen LogP contribution < -0.4 is 4.74 Å². The maximum absolute atomic E-state index is 5.67. The van der Waals surface area contributed by atoms with Crippen LogP contribution in [0.1, 0.15) is 0 Å². The molecule has 0 amide bonds. The molecule has 23 heavy (non-hydrogen) atoms. The fourth-order valence-electron chi connectivity index (χ4n) is 2.93. The summed E-state index contributed by atoms with van der Waals surface area (Å²) in [5, 5.41) is 2.26. The highest BCUT2D eigenvalue weighted by molar-refractivity contribution is 5.98. The van der Waals surface area contributed by atoms with Crippen molar-refractivity contribution in [1.29, 1.82) is 0 Å². The SMILES string of the molecule is C=CCOc1ccc2c(c1)c(-c1cc3cccnc3[nH]1)cn2C. The van der Waals surface area contributed by atoms with Crippen LogP contribution in [-0.4, -0.2) is 21.1 Å². The second-order valence-electron chi connectivity index (χ2n) is 5.56. The van der Waals surface area contributed by atoms with E-state index in [0.29, 0.717) is 6.61 Å². The maximum Gasteiger partial charge on any atom is 0.137 e. The second kappa shape index (κ2) is 5.32. The fourth-order valence-corrected chi connectivity index (χ4v) is 2.93. The van der Waals surface area contributed by atoms with Crippen LogP contribution in [-0.2, 0) is 7.05 Å². The van der Waals surface area contributed by atoms with Gasteiger partial charge in [0.2, 0.25) is 0 Å². The average molecular weight is 303 g/mol. The third-order valence-corrected chi connectivity index (χ3v) is 4.01. The van der Waals surface area contributed by atoms with Gasteiger partial charge in [-0.1, -0.05) is 12.7 Å². The third-order valence-electron chi connectivity index (χ3n) is 4.01. The molecule has 0 radical (unpaired) electrons. The van der Waals surface area contributed by atoms with Crippen molar-refractivity contribution < 1.29 is 4.74 Å². The normalized spacial score (nSPS) is 11.2. The molecule has 4 nitrogen and oxygen atoms in total. The van der Waals surface area contributed by atoms with Gasteiger partial charge in [-0.05, 0) is 36.4 Å². The molecule has 0 saturated carbocycles. The molecule has 0 aliphatic rings. The number of fused-ring (bicyclic) bond motifs is 2. The minimum absolute atomic E-state index is 0.504. The van der Waals surface area contributed by atoms with E-state index in [9.17, 15) is 0 Å². The molecule has 0 saturated heterocycles. The zero-order valence-corrected chi connectivity index (χ0v) is 12.9. The molecule has 0 aliphatic heterocycles. The molecule has 3 aromatic heterocycles. The number of aryl methyl sites for hydroxylation is 1. The van der Waals surface area contributed by atoms with E-state index in [4.69, 9.17) is 4.74 Å². The molecule has 0 unspecified atom stereocenters. The standard InChI is InChI=1S/C19H17N3O/c1-3-9-23-14-6-7-18-15(11-14)16(12-22(18)2)17-10-13-5-4-8-20-19(13)21-17/h3-8,10-12H,1,9H2,2H3,(H,20,21). The van der Waals surface area contributed by atoms with E-state index >= 15 is 0 Å². The van der Waals surface area contributed by atoms with Crippen molar-refractivity contribution in [2.45, 2.75) is 0 Å². The highest BCUT2D eigenvalue weighted by Crippen LogP contribution is 2.33. The smallest absolute Gasteiger partial charge is 0.137 e. The monoisotopic (exact) mass is 303 g/mol. The third kappa shape index (κ3) is 2.28. The number of pyridine rings is 1. The molecule has 4 heteroatoms. The highest BCUT2D eigenvalue weighted by atomic mass is 16.5. The van der Waals surface area contributed by atoms with Crippen molar-refractivity contribution in [3.8, 4) is 17.0 Å². The Morgan fingerprint density at radius 1 is 1.30 bits per heavy atom. The summed E-state index contributed by atoms with van der Waals surface area (Å²) >= 11 is 0. The van der Waals surface area contributed by atoms with E-state index in [1.54, 1.807) is 12.3 Å². The Hall–Kier alpha value is -3.01. The lowest BCUT2D eigenvalue weighted by Gasteiger charge is -2.04. The average Bonchev–Trinajstić information content (AvgIpc) is 3.14. The molecule has 0 spiro atoms. The van der Waals surface area contributed by atoms with Crippen LogP contribution in [0.5, 0.6) is 5.75 Å². The lowest BCUT2D eigenvalue weighted by molar-refractivity contribution is 0.364. The summed E-state index contributed by atoms with van der Waals surface area (Å²) in [6, 6.07) is 12.3. The van der Waals surface area contributed by atoms with Crippen molar-refractivity contribution in [3.63, 3.8) is 0 Å². The first-order chi connectivity index (χ1) is 11.3. The Kier molecular flexibility index (Phi) is 3.15. The van der Waals surface area contributed by atoms with Crippen LogP contribution in [0.3, 0.4) is 0 Å². The number of aromatic amines is 1. The molecule has 1 N–H and O–H groups in total. The Morgan fingerprint density at radius 2 is 2.22 bits per heavy atom. The van der Waals surface area contributed by atoms with Gasteiger partial charge >= 0.3 is 0 Å². The van der Waals surface area contributed by atoms with Crippen LogP contribution in [0.4, 0.5) is 0 Å². The molecule has 4 rings (SSSR count). The Bertz CT molecular complexity index is 977. The number of nitrogens with one attached hydrogen (secondary N) is 1. The number of rotatable bonds is 4. The van der Waals surface area contributed by atoms with Gasteiger partial charge in [0.1, 0.15) is 18.0 Å². The molecule has 4 aromatic rings. The summed E-state index contributed by atoms with van der Waals surface area (Å²) in [5.41, 5.74) is 4.27. The number of ether oxygens (including phenoxy) is 1. The van der Waals surface area contributed by atoms with E-state index in [2.05, 4.69) is 58.6 Å². The van der Waals surface area contributed by atoms with Gasteiger partial charge in [-0.2, -0.15) is 0 Å². The van der Waals surface area contributed by atoms with Gasteiger partial charge < -0.3 is 14.3 Å². The van der Waals surface area contributed by atoms with Gasteiger partial charge in [-0.15, -0.1) is 0 Å². The van der Waals surface area contributed by atoms with E-state index in [1.807, 2.05) is 12.1 Å². The summed E-state index contributed by atoms with van der Waals surface area (Å²) in [7, 11) is 2.05. The van der Waals surface area contributed by atoms with Crippen molar-refractivity contribution in [2.75, 3.05) is 6.61 Å². The van der Waals surface area contributed by atoms with E-state index in [1.165, 1.54) is 0 Å². The molecule has 0 atom stereocenters. The molecule has 0 bridgehead atoms. The van der Waals surface area contributed by atoms with E-state index in [-0.39, 0.29) is 0 Å². The quantitative estimate of drug-likeness (QED) is 0.572. The van der Waals surface area contributed by atoms with Gasteiger partial charge in [-0.25, -0.2) is 4.98 Å². The molecule has 3 heterocycles. The predicted octanol–water partition coefficient (Wildman–Crippen LogP) is 4.29.